The van der Waals surface area contributed by atoms with Gasteiger partial charge in [0.1, 0.15) is 10.1 Å². The van der Waals surface area contributed by atoms with E-state index in [-0.39, 0.29) is 0 Å². The van der Waals surface area contributed by atoms with Crippen LogP contribution >= 0.6 is 39.9 Å². The number of nitrogens with zero attached hydrogens (tertiary/aromatic N) is 1. The molecular weight excluding hydrogens is 330 g/mol. The van der Waals surface area contributed by atoms with Gasteiger partial charge in [-0.3, -0.25) is 0 Å². The molecule has 0 bridgehead atoms. The second kappa shape index (κ2) is 6.78. The van der Waals surface area contributed by atoms with Crippen molar-refractivity contribution in [3.05, 3.63) is 28.2 Å². The van der Waals surface area contributed by atoms with Gasteiger partial charge >= 0.3 is 0 Å². The highest BCUT2D eigenvalue weighted by molar-refractivity contribution is 9.10. The van der Waals surface area contributed by atoms with Crippen molar-refractivity contribution < 1.29 is 4.74 Å². The lowest BCUT2D eigenvalue weighted by molar-refractivity contribution is 0.411. The third kappa shape index (κ3) is 3.62. The lowest BCUT2D eigenvalue weighted by Crippen LogP contribution is -2.23. The molecule has 5 heteroatoms. The normalized spacial score (nSPS) is 14.9. The van der Waals surface area contributed by atoms with Crippen molar-refractivity contribution in [1.82, 2.24) is 4.90 Å². The summed E-state index contributed by atoms with van der Waals surface area (Å²) in [5.41, 5.74) is 1.18. The van der Waals surface area contributed by atoms with Gasteiger partial charge in [0.05, 0.1) is 7.11 Å². The molecule has 0 aromatic heterocycles. The van der Waals surface area contributed by atoms with Crippen LogP contribution in [0.5, 0.6) is 5.75 Å². The van der Waals surface area contributed by atoms with E-state index in [4.69, 9.17) is 17.0 Å². The van der Waals surface area contributed by atoms with E-state index in [1.807, 2.05) is 12.1 Å². The highest BCUT2D eigenvalue weighted by atomic mass is 79.9. The Hall–Kier alpha value is -0.260. The SMILES string of the molecule is COc1ccc(Br)cc1CSC(=S)N1CCCC1. The quantitative estimate of drug-likeness (QED) is 0.765. The molecule has 1 aliphatic rings. The van der Waals surface area contributed by atoms with Gasteiger partial charge in [0.15, 0.2) is 0 Å². The topological polar surface area (TPSA) is 12.5 Å². The average molecular weight is 346 g/mol. The summed E-state index contributed by atoms with van der Waals surface area (Å²) in [5, 5.41) is 0. The van der Waals surface area contributed by atoms with E-state index in [2.05, 4.69) is 26.9 Å². The van der Waals surface area contributed by atoms with Gasteiger partial charge in [-0.05, 0) is 31.0 Å². The Morgan fingerprint density at radius 3 is 2.83 bits per heavy atom. The highest BCUT2D eigenvalue weighted by Crippen LogP contribution is 2.28. The molecule has 0 atom stereocenters. The molecule has 0 unspecified atom stereocenters. The lowest BCUT2D eigenvalue weighted by atomic mass is 10.2. The van der Waals surface area contributed by atoms with Crippen LogP contribution in [0.15, 0.2) is 22.7 Å². The largest absolute Gasteiger partial charge is 0.496 e. The molecule has 0 saturated carbocycles. The molecule has 1 aromatic carbocycles. The van der Waals surface area contributed by atoms with Crippen LogP contribution in [-0.4, -0.2) is 29.4 Å². The molecule has 0 radical (unpaired) electrons. The maximum Gasteiger partial charge on any atom is 0.136 e. The monoisotopic (exact) mass is 345 g/mol. The number of halogens is 1. The van der Waals surface area contributed by atoms with Crippen molar-refractivity contribution in [2.75, 3.05) is 20.2 Å². The fraction of sp³-hybridized carbons (Fsp3) is 0.462. The molecule has 0 aliphatic carbocycles. The summed E-state index contributed by atoms with van der Waals surface area (Å²) >= 11 is 10.7. The fourth-order valence-electron chi connectivity index (χ4n) is 1.99. The van der Waals surface area contributed by atoms with Crippen LogP contribution in [0.25, 0.3) is 0 Å². The second-order valence-corrected chi connectivity index (χ2v) is 6.73. The Kier molecular flexibility index (Phi) is 5.33. The second-order valence-electron chi connectivity index (χ2n) is 4.20. The summed E-state index contributed by atoms with van der Waals surface area (Å²) in [6.07, 6.45) is 2.53. The Morgan fingerprint density at radius 2 is 2.17 bits per heavy atom. The number of likely N-dealkylation sites (tertiary alicyclic amines) is 1. The standard InChI is InChI=1S/C13H16BrNOS2/c1-16-12-5-4-11(14)8-10(12)9-18-13(17)15-6-2-3-7-15/h4-5,8H,2-3,6-7,9H2,1H3. The predicted octanol–water partition coefficient (Wildman–Crippen LogP) is 4.07. The van der Waals surface area contributed by atoms with Crippen LogP contribution in [0.4, 0.5) is 0 Å². The molecular formula is C13H16BrNOS2. The van der Waals surface area contributed by atoms with Crippen molar-refractivity contribution in [3.8, 4) is 5.75 Å². The molecule has 2 rings (SSSR count). The van der Waals surface area contributed by atoms with Crippen LogP contribution < -0.4 is 4.74 Å². The predicted molar refractivity (Wildman–Crippen MR) is 85.4 cm³/mol. The summed E-state index contributed by atoms with van der Waals surface area (Å²) in [4.78, 5) is 2.30. The summed E-state index contributed by atoms with van der Waals surface area (Å²) in [5.74, 6) is 1.78. The third-order valence-corrected chi connectivity index (χ3v) is 5.02. The van der Waals surface area contributed by atoms with Gasteiger partial charge in [-0.25, -0.2) is 0 Å². The molecule has 0 amide bonds. The Morgan fingerprint density at radius 1 is 1.44 bits per heavy atom. The maximum absolute atomic E-state index is 5.46. The summed E-state index contributed by atoms with van der Waals surface area (Å²) < 4.78 is 7.45. The Balaban J connectivity index is 1.96. The number of thioether (sulfide) groups is 1. The van der Waals surface area contributed by atoms with E-state index in [9.17, 15) is 0 Å². The maximum atomic E-state index is 5.46. The van der Waals surface area contributed by atoms with Gasteiger partial charge in [-0.15, -0.1) is 0 Å². The molecule has 98 valence electrons. The van der Waals surface area contributed by atoms with Crippen LogP contribution in [0, 0.1) is 0 Å². The first-order chi connectivity index (χ1) is 8.70. The van der Waals surface area contributed by atoms with E-state index < -0.39 is 0 Å². The van der Waals surface area contributed by atoms with Crippen molar-refractivity contribution >= 4 is 44.2 Å². The van der Waals surface area contributed by atoms with Crippen molar-refractivity contribution in [2.24, 2.45) is 0 Å². The summed E-state index contributed by atoms with van der Waals surface area (Å²) in [6.45, 7) is 2.23. The summed E-state index contributed by atoms with van der Waals surface area (Å²) in [7, 11) is 1.70. The van der Waals surface area contributed by atoms with Crippen LogP contribution in [0.2, 0.25) is 0 Å². The van der Waals surface area contributed by atoms with Crippen LogP contribution in [0.3, 0.4) is 0 Å². The number of ether oxygens (including phenoxy) is 1. The zero-order chi connectivity index (χ0) is 13.0. The number of thiocarbonyl (C=S) groups is 1. The van der Waals surface area contributed by atoms with E-state index >= 15 is 0 Å². The molecule has 1 fully saturated rings. The van der Waals surface area contributed by atoms with E-state index in [0.717, 1.165) is 33.4 Å². The highest BCUT2D eigenvalue weighted by Gasteiger charge is 2.15. The fourth-order valence-corrected chi connectivity index (χ4v) is 3.63. The number of rotatable bonds is 3. The van der Waals surface area contributed by atoms with Crippen molar-refractivity contribution in [2.45, 2.75) is 18.6 Å². The zero-order valence-corrected chi connectivity index (χ0v) is 13.5. The van der Waals surface area contributed by atoms with Gasteiger partial charge in [0, 0.05) is 28.9 Å². The number of benzene rings is 1. The number of hydrogen-bond acceptors (Lipinski definition) is 3. The molecule has 2 nitrogen and oxygen atoms in total. The molecule has 18 heavy (non-hydrogen) atoms. The molecule has 1 aliphatic heterocycles. The minimum Gasteiger partial charge on any atom is -0.496 e. The van der Waals surface area contributed by atoms with Crippen molar-refractivity contribution in [3.63, 3.8) is 0 Å². The molecule has 0 N–H and O–H groups in total. The van der Waals surface area contributed by atoms with Gasteiger partial charge in [-0.1, -0.05) is 39.9 Å². The Labute approximate surface area is 126 Å². The van der Waals surface area contributed by atoms with Gasteiger partial charge in [-0.2, -0.15) is 0 Å². The van der Waals surface area contributed by atoms with E-state index in [1.54, 1.807) is 18.9 Å². The molecule has 1 heterocycles. The molecule has 1 saturated heterocycles. The number of methoxy groups -OCH3 is 1. The summed E-state index contributed by atoms with van der Waals surface area (Å²) in [6, 6.07) is 6.07. The van der Waals surface area contributed by atoms with Gasteiger partial charge < -0.3 is 9.64 Å². The van der Waals surface area contributed by atoms with Gasteiger partial charge in [0.2, 0.25) is 0 Å². The number of hydrogen-bond donors (Lipinski definition) is 0. The van der Waals surface area contributed by atoms with Crippen molar-refractivity contribution in [1.29, 1.82) is 0 Å². The van der Waals surface area contributed by atoms with Gasteiger partial charge in [0.25, 0.3) is 0 Å². The average Bonchev–Trinajstić information content (AvgIpc) is 2.90. The zero-order valence-electron chi connectivity index (χ0n) is 10.3. The first-order valence-corrected chi connectivity index (χ1v) is 8.13. The molecule has 1 aromatic rings. The minimum atomic E-state index is 0.859. The minimum absolute atomic E-state index is 0.859. The first kappa shape index (κ1) is 14.2. The molecule has 0 spiro atoms. The Bertz CT molecular complexity index is 433. The van der Waals surface area contributed by atoms with Crippen LogP contribution in [-0.2, 0) is 5.75 Å². The van der Waals surface area contributed by atoms with E-state index in [0.29, 0.717) is 0 Å². The van der Waals surface area contributed by atoms with Crippen LogP contribution in [0.1, 0.15) is 18.4 Å². The third-order valence-electron chi connectivity index (χ3n) is 2.96. The lowest BCUT2D eigenvalue weighted by Gasteiger charge is -2.18. The van der Waals surface area contributed by atoms with E-state index in [1.165, 1.54) is 18.4 Å². The smallest absolute Gasteiger partial charge is 0.136 e. The first-order valence-electron chi connectivity index (χ1n) is 5.95.